The van der Waals surface area contributed by atoms with Gasteiger partial charge >= 0.3 is 0 Å². The lowest BCUT2D eigenvalue weighted by Crippen LogP contribution is -2.47. The van der Waals surface area contributed by atoms with Crippen LogP contribution in [-0.2, 0) is 9.53 Å². The van der Waals surface area contributed by atoms with Gasteiger partial charge in [0.25, 0.3) is 0 Å². The van der Waals surface area contributed by atoms with Crippen LogP contribution in [0.5, 0.6) is 0 Å². The van der Waals surface area contributed by atoms with Crippen LogP contribution in [0.15, 0.2) is 0 Å². The highest BCUT2D eigenvalue weighted by molar-refractivity contribution is 7.99. The zero-order valence-corrected chi connectivity index (χ0v) is 11.9. The normalized spacial score (nSPS) is 19.9. The molecule has 5 heteroatoms. The summed E-state index contributed by atoms with van der Waals surface area (Å²) >= 11 is 1.93. The van der Waals surface area contributed by atoms with Gasteiger partial charge in [0.2, 0.25) is 5.91 Å². The summed E-state index contributed by atoms with van der Waals surface area (Å²) in [5, 5.41) is 3.19. The number of ether oxygens (including phenoxy) is 1. The maximum absolute atomic E-state index is 12.1. The molecular weight excluding hydrogens is 236 g/mol. The van der Waals surface area contributed by atoms with Crippen molar-refractivity contribution >= 4 is 17.7 Å². The lowest BCUT2D eigenvalue weighted by atomic mass is 10.2. The summed E-state index contributed by atoms with van der Waals surface area (Å²) in [6.45, 7) is 5.87. The van der Waals surface area contributed by atoms with Gasteiger partial charge in [0, 0.05) is 31.5 Å². The van der Waals surface area contributed by atoms with Crippen LogP contribution in [0.2, 0.25) is 0 Å². The van der Waals surface area contributed by atoms with Crippen molar-refractivity contribution in [1.82, 2.24) is 10.2 Å². The van der Waals surface area contributed by atoms with Gasteiger partial charge in [0.15, 0.2) is 0 Å². The summed E-state index contributed by atoms with van der Waals surface area (Å²) in [6.07, 6.45) is 1.11. The number of rotatable bonds is 7. The van der Waals surface area contributed by atoms with Crippen LogP contribution in [0, 0.1) is 0 Å². The highest BCUT2D eigenvalue weighted by Crippen LogP contribution is 2.22. The van der Waals surface area contributed by atoms with E-state index in [1.54, 1.807) is 7.11 Å². The van der Waals surface area contributed by atoms with E-state index in [9.17, 15) is 4.79 Å². The molecule has 0 saturated carbocycles. The Balaban J connectivity index is 2.45. The maximum atomic E-state index is 12.1. The van der Waals surface area contributed by atoms with Gasteiger partial charge < -0.3 is 15.0 Å². The minimum Gasteiger partial charge on any atom is -0.383 e. The molecule has 1 atom stereocenters. The first-order valence-electron chi connectivity index (χ1n) is 6.24. The molecule has 1 saturated heterocycles. The minimum absolute atomic E-state index is 0.197. The van der Waals surface area contributed by atoms with E-state index in [1.807, 2.05) is 16.7 Å². The van der Waals surface area contributed by atoms with Crippen LogP contribution < -0.4 is 5.32 Å². The zero-order chi connectivity index (χ0) is 12.7. The molecule has 1 heterocycles. The van der Waals surface area contributed by atoms with Crippen LogP contribution >= 0.6 is 11.8 Å². The van der Waals surface area contributed by atoms with E-state index in [-0.39, 0.29) is 5.91 Å². The van der Waals surface area contributed by atoms with Crippen LogP contribution in [-0.4, -0.2) is 61.2 Å². The zero-order valence-electron chi connectivity index (χ0n) is 11.1. The van der Waals surface area contributed by atoms with Crippen molar-refractivity contribution in [2.24, 2.45) is 0 Å². The first-order chi connectivity index (χ1) is 8.15. The minimum atomic E-state index is 0.197. The molecule has 1 unspecified atom stereocenters. The second-order valence-corrected chi connectivity index (χ2v) is 5.78. The lowest BCUT2D eigenvalue weighted by Gasteiger charge is -2.28. The smallest absolute Gasteiger partial charge is 0.236 e. The van der Waals surface area contributed by atoms with Gasteiger partial charge in [-0.1, -0.05) is 13.8 Å². The largest absolute Gasteiger partial charge is 0.383 e. The SMILES string of the molecule is COCCN(C(=O)CNC(C)C)C1CCSC1. The van der Waals surface area contributed by atoms with Crippen molar-refractivity contribution in [3.05, 3.63) is 0 Å². The number of nitrogens with one attached hydrogen (secondary N) is 1. The Morgan fingerprint density at radius 3 is 2.88 bits per heavy atom. The number of carbonyl (C=O) groups is 1. The molecule has 1 aliphatic heterocycles. The molecule has 0 radical (unpaired) electrons. The van der Waals surface area contributed by atoms with Crippen LogP contribution in [0.1, 0.15) is 20.3 Å². The van der Waals surface area contributed by atoms with Crippen LogP contribution in [0.4, 0.5) is 0 Å². The molecule has 0 bridgehead atoms. The van der Waals surface area contributed by atoms with Crippen molar-refractivity contribution in [2.75, 3.05) is 38.3 Å². The van der Waals surface area contributed by atoms with Crippen LogP contribution in [0.3, 0.4) is 0 Å². The number of hydrogen-bond acceptors (Lipinski definition) is 4. The third kappa shape index (κ3) is 5.27. The molecule has 1 aliphatic rings. The van der Waals surface area contributed by atoms with Gasteiger partial charge in [-0.2, -0.15) is 11.8 Å². The van der Waals surface area contributed by atoms with E-state index in [2.05, 4.69) is 19.2 Å². The van der Waals surface area contributed by atoms with Crippen molar-refractivity contribution in [1.29, 1.82) is 0 Å². The van der Waals surface area contributed by atoms with Gasteiger partial charge in [0.1, 0.15) is 0 Å². The number of amides is 1. The van der Waals surface area contributed by atoms with Crippen molar-refractivity contribution in [2.45, 2.75) is 32.4 Å². The third-order valence-electron chi connectivity index (χ3n) is 2.86. The van der Waals surface area contributed by atoms with E-state index in [1.165, 1.54) is 5.75 Å². The second-order valence-electron chi connectivity index (χ2n) is 4.63. The summed E-state index contributed by atoms with van der Waals surface area (Å²) < 4.78 is 5.09. The fourth-order valence-electron chi connectivity index (χ4n) is 1.86. The Morgan fingerprint density at radius 1 is 1.59 bits per heavy atom. The molecular formula is C12H24N2O2S. The number of carbonyl (C=O) groups excluding carboxylic acids is 1. The molecule has 17 heavy (non-hydrogen) atoms. The second kappa shape index (κ2) is 7.95. The summed E-state index contributed by atoms with van der Waals surface area (Å²) in [7, 11) is 1.68. The monoisotopic (exact) mass is 260 g/mol. The third-order valence-corrected chi connectivity index (χ3v) is 4.01. The number of nitrogens with zero attached hydrogens (tertiary/aromatic N) is 1. The van der Waals surface area contributed by atoms with E-state index in [0.717, 1.165) is 12.2 Å². The van der Waals surface area contributed by atoms with Gasteiger partial charge in [-0.05, 0) is 12.2 Å². The van der Waals surface area contributed by atoms with E-state index in [4.69, 9.17) is 4.74 Å². The maximum Gasteiger partial charge on any atom is 0.236 e. The van der Waals surface area contributed by atoms with Gasteiger partial charge in [-0.3, -0.25) is 4.79 Å². The Bertz CT molecular complexity index is 231. The predicted octanol–water partition coefficient (Wildman–Crippen LogP) is 0.965. The van der Waals surface area contributed by atoms with Gasteiger partial charge in [0.05, 0.1) is 13.2 Å². The van der Waals surface area contributed by atoms with Gasteiger partial charge in [-0.25, -0.2) is 0 Å². The van der Waals surface area contributed by atoms with E-state index >= 15 is 0 Å². The molecule has 100 valence electrons. The highest BCUT2D eigenvalue weighted by Gasteiger charge is 2.26. The average Bonchev–Trinajstić information content (AvgIpc) is 2.80. The molecule has 1 amide bonds. The van der Waals surface area contributed by atoms with Crippen molar-refractivity contribution in [3.8, 4) is 0 Å². The van der Waals surface area contributed by atoms with Gasteiger partial charge in [-0.15, -0.1) is 0 Å². The fourth-order valence-corrected chi connectivity index (χ4v) is 3.09. The topological polar surface area (TPSA) is 41.6 Å². The summed E-state index contributed by atoms with van der Waals surface area (Å²) in [6, 6.07) is 0.748. The van der Waals surface area contributed by atoms with Crippen LogP contribution in [0.25, 0.3) is 0 Å². The summed E-state index contributed by atoms with van der Waals surface area (Å²) in [5.74, 6) is 2.43. The Hall–Kier alpha value is -0.260. The quantitative estimate of drug-likeness (QED) is 0.740. The fraction of sp³-hybridized carbons (Fsp3) is 0.917. The Labute approximate surface area is 108 Å². The standard InChI is InChI=1S/C12H24N2O2S/c1-10(2)13-8-12(15)14(5-6-16-3)11-4-7-17-9-11/h10-11,13H,4-9H2,1-3H3. The molecule has 1 fully saturated rings. The molecule has 1 N–H and O–H groups in total. The van der Waals surface area contributed by atoms with E-state index < -0.39 is 0 Å². The number of thioether (sulfide) groups is 1. The molecule has 0 aromatic heterocycles. The average molecular weight is 260 g/mol. The number of methoxy groups -OCH3 is 1. The molecule has 0 aromatic carbocycles. The van der Waals surface area contributed by atoms with Crippen molar-refractivity contribution in [3.63, 3.8) is 0 Å². The van der Waals surface area contributed by atoms with E-state index in [0.29, 0.717) is 31.8 Å². The first-order valence-corrected chi connectivity index (χ1v) is 7.40. The first kappa shape index (κ1) is 14.8. The molecule has 0 spiro atoms. The Kier molecular flexibility index (Phi) is 6.92. The molecule has 4 nitrogen and oxygen atoms in total. The lowest BCUT2D eigenvalue weighted by molar-refractivity contribution is -0.132. The number of hydrogen-bond donors (Lipinski definition) is 1. The van der Waals surface area contributed by atoms with Crippen molar-refractivity contribution < 1.29 is 9.53 Å². The Morgan fingerprint density at radius 2 is 2.35 bits per heavy atom. The molecule has 0 aliphatic carbocycles. The molecule has 0 aromatic rings. The molecule has 1 rings (SSSR count). The summed E-state index contributed by atoms with van der Waals surface area (Å²) in [5.41, 5.74) is 0. The highest BCUT2D eigenvalue weighted by atomic mass is 32.2. The predicted molar refractivity (Wildman–Crippen MR) is 72.5 cm³/mol. The summed E-state index contributed by atoms with van der Waals surface area (Å²) in [4.78, 5) is 14.1.